The standard InChI is InChI=1S/C17H20N2O3/c1-12-15(19-14-8-4-3-7-13(14)18-12)11-22-16(20)17(21)9-5-2-6-10-17/h3-4,7-8,21H,2,5-6,9-11H2,1H3. The van der Waals surface area contributed by atoms with E-state index in [0.29, 0.717) is 18.5 Å². The Morgan fingerprint density at radius 3 is 2.50 bits per heavy atom. The van der Waals surface area contributed by atoms with E-state index in [1.54, 1.807) is 0 Å². The number of esters is 1. The number of hydrogen-bond acceptors (Lipinski definition) is 5. The van der Waals surface area contributed by atoms with Crippen molar-refractivity contribution in [1.82, 2.24) is 9.97 Å². The van der Waals surface area contributed by atoms with Gasteiger partial charge in [-0.2, -0.15) is 0 Å². The maximum Gasteiger partial charge on any atom is 0.338 e. The molecule has 0 atom stereocenters. The van der Waals surface area contributed by atoms with Gasteiger partial charge in [0.15, 0.2) is 5.60 Å². The molecule has 1 N–H and O–H groups in total. The molecule has 0 aliphatic heterocycles. The van der Waals surface area contributed by atoms with Crippen molar-refractivity contribution in [3.05, 3.63) is 35.7 Å². The van der Waals surface area contributed by atoms with Crippen LogP contribution in [0.15, 0.2) is 24.3 Å². The lowest BCUT2D eigenvalue weighted by molar-refractivity contribution is -0.170. The van der Waals surface area contributed by atoms with Crippen molar-refractivity contribution in [3.63, 3.8) is 0 Å². The molecule has 0 spiro atoms. The van der Waals surface area contributed by atoms with E-state index in [1.807, 2.05) is 31.2 Å². The van der Waals surface area contributed by atoms with Crippen LogP contribution in [0.4, 0.5) is 0 Å². The SMILES string of the molecule is Cc1nc2ccccc2nc1COC(=O)C1(O)CCCCC1. The van der Waals surface area contributed by atoms with E-state index in [4.69, 9.17) is 4.74 Å². The quantitative estimate of drug-likeness (QED) is 0.882. The van der Waals surface area contributed by atoms with Gasteiger partial charge in [0, 0.05) is 0 Å². The first-order valence-corrected chi connectivity index (χ1v) is 7.70. The largest absolute Gasteiger partial charge is 0.457 e. The summed E-state index contributed by atoms with van der Waals surface area (Å²) in [6, 6.07) is 7.58. The predicted molar refractivity (Wildman–Crippen MR) is 82.1 cm³/mol. The van der Waals surface area contributed by atoms with Crippen molar-refractivity contribution in [1.29, 1.82) is 0 Å². The van der Waals surface area contributed by atoms with Gasteiger partial charge in [-0.25, -0.2) is 14.8 Å². The van der Waals surface area contributed by atoms with Crippen LogP contribution in [0.5, 0.6) is 0 Å². The third-order valence-corrected chi connectivity index (χ3v) is 4.24. The molecule has 1 aliphatic rings. The summed E-state index contributed by atoms with van der Waals surface area (Å²) in [6.07, 6.45) is 3.74. The average Bonchev–Trinajstić information content (AvgIpc) is 2.53. The molecule has 3 rings (SSSR count). The Morgan fingerprint density at radius 2 is 1.82 bits per heavy atom. The van der Waals surface area contributed by atoms with Crippen molar-refractivity contribution in [2.24, 2.45) is 0 Å². The number of nitrogens with zero attached hydrogens (tertiary/aromatic N) is 2. The Bertz CT molecular complexity index is 693. The zero-order valence-corrected chi connectivity index (χ0v) is 12.7. The summed E-state index contributed by atoms with van der Waals surface area (Å²) in [5.41, 5.74) is 1.64. The van der Waals surface area contributed by atoms with Crippen LogP contribution in [0.3, 0.4) is 0 Å². The van der Waals surface area contributed by atoms with E-state index in [0.717, 1.165) is 36.0 Å². The predicted octanol–water partition coefficient (Wildman–Crippen LogP) is 2.68. The molecule has 116 valence electrons. The topological polar surface area (TPSA) is 72.3 Å². The van der Waals surface area contributed by atoms with E-state index >= 15 is 0 Å². The first-order chi connectivity index (χ1) is 10.6. The smallest absolute Gasteiger partial charge is 0.338 e. The van der Waals surface area contributed by atoms with Crippen molar-refractivity contribution >= 4 is 17.0 Å². The van der Waals surface area contributed by atoms with E-state index in [2.05, 4.69) is 9.97 Å². The molecule has 1 heterocycles. The van der Waals surface area contributed by atoms with Gasteiger partial charge < -0.3 is 9.84 Å². The van der Waals surface area contributed by atoms with Gasteiger partial charge >= 0.3 is 5.97 Å². The number of fused-ring (bicyclic) bond motifs is 1. The van der Waals surface area contributed by atoms with Gasteiger partial charge in [-0.15, -0.1) is 0 Å². The molecule has 2 aromatic rings. The van der Waals surface area contributed by atoms with E-state index < -0.39 is 11.6 Å². The molecule has 0 unspecified atom stereocenters. The second-order valence-electron chi connectivity index (χ2n) is 5.91. The monoisotopic (exact) mass is 300 g/mol. The van der Waals surface area contributed by atoms with Crippen LogP contribution in [-0.2, 0) is 16.1 Å². The van der Waals surface area contributed by atoms with Crippen molar-refractivity contribution < 1.29 is 14.6 Å². The number of benzene rings is 1. The molecule has 0 amide bonds. The van der Waals surface area contributed by atoms with Gasteiger partial charge in [-0.1, -0.05) is 18.6 Å². The number of para-hydroxylation sites is 2. The molecule has 1 fully saturated rings. The minimum Gasteiger partial charge on any atom is -0.457 e. The highest BCUT2D eigenvalue weighted by Gasteiger charge is 2.38. The van der Waals surface area contributed by atoms with E-state index in [9.17, 15) is 9.90 Å². The lowest BCUT2D eigenvalue weighted by Crippen LogP contribution is -2.41. The molecule has 1 aromatic carbocycles. The zero-order valence-electron chi connectivity index (χ0n) is 12.7. The van der Waals surface area contributed by atoms with Gasteiger partial charge in [0.05, 0.1) is 22.4 Å². The molecule has 1 aromatic heterocycles. The zero-order chi connectivity index (χ0) is 15.6. The minimum atomic E-state index is -1.32. The fourth-order valence-corrected chi connectivity index (χ4v) is 2.87. The molecule has 0 bridgehead atoms. The highest BCUT2D eigenvalue weighted by molar-refractivity contribution is 5.79. The molecular weight excluding hydrogens is 280 g/mol. The van der Waals surface area contributed by atoms with E-state index in [1.165, 1.54) is 0 Å². The molecule has 1 aliphatic carbocycles. The highest BCUT2D eigenvalue weighted by atomic mass is 16.5. The third kappa shape index (κ3) is 2.95. The highest BCUT2D eigenvalue weighted by Crippen LogP contribution is 2.29. The second kappa shape index (κ2) is 6.01. The summed E-state index contributed by atoms with van der Waals surface area (Å²) in [4.78, 5) is 21.1. The minimum absolute atomic E-state index is 0.0464. The van der Waals surface area contributed by atoms with Gasteiger partial charge in [0.25, 0.3) is 0 Å². The van der Waals surface area contributed by atoms with Gasteiger partial charge in [0.2, 0.25) is 0 Å². The second-order valence-corrected chi connectivity index (χ2v) is 5.91. The number of aryl methyl sites for hydroxylation is 1. The molecule has 22 heavy (non-hydrogen) atoms. The van der Waals surface area contributed by atoms with Crippen molar-refractivity contribution in [2.45, 2.75) is 51.2 Å². The van der Waals surface area contributed by atoms with Crippen LogP contribution in [0, 0.1) is 6.92 Å². The molecule has 0 radical (unpaired) electrons. The van der Waals surface area contributed by atoms with Crippen LogP contribution < -0.4 is 0 Å². The summed E-state index contributed by atoms with van der Waals surface area (Å²) in [7, 11) is 0. The molecule has 5 nitrogen and oxygen atoms in total. The first-order valence-electron chi connectivity index (χ1n) is 7.70. The maximum absolute atomic E-state index is 12.1. The number of aliphatic hydroxyl groups is 1. The van der Waals surface area contributed by atoms with Crippen LogP contribution in [0.2, 0.25) is 0 Å². The lowest BCUT2D eigenvalue weighted by Gasteiger charge is -2.29. The van der Waals surface area contributed by atoms with Gasteiger partial charge in [0.1, 0.15) is 6.61 Å². The number of carbonyl (C=O) groups is 1. The van der Waals surface area contributed by atoms with Crippen LogP contribution in [0.1, 0.15) is 43.5 Å². The lowest BCUT2D eigenvalue weighted by atomic mass is 9.85. The Kier molecular flexibility index (Phi) is 4.07. The number of aromatic nitrogens is 2. The fraction of sp³-hybridized carbons (Fsp3) is 0.471. The number of ether oxygens (including phenoxy) is 1. The van der Waals surface area contributed by atoms with Crippen LogP contribution >= 0.6 is 0 Å². The molecule has 0 saturated heterocycles. The molecular formula is C17H20N2O3. The summed E-state index contributed by atoms with van der Waals surface area (Å²) in [5, 5.41) is 10.3. The first kappa shape index (κ1) is 14.9. The third-order valence-electron chi connectivity index (χ3n) is 4.24. The normalized spacial score (nSPS) is 17.4. The van der Waals surface area contributed by atoms with Crippen LogP contribution in [0.25, 0.3) is 11.0 Å². The Morgan fingerprint density at radius 1 is 1.18 bits per heavy atom. The van der Waals surface area contributed by atoms with Crippen molar-refractivity contribution in [3.8, 4) is 0 Å². The van der Waals surface area contributed by atoms with Gasteiger partial charge in [-0.05, 0) is 44.7 Å². The number of carbonyl (C=O) groups excluding carboxylic acids is 1. The summed E-state index contributed by atoms with van der Waals surface area (Å²) in [6.45, 7) is 1.89. The Hall–Kier alpha value is -2.01. The number of rotatable bonds is 3. The van der Waals surface area contributed by atoms with Crippen molar-refractivity contribution in [2.75, 3.05) is 0 Å². The van der Waals surface area contributed by atoms with Crippen LogP contribution in [-0.4, -0.2) is 26.6 Å². The number of hydrogen-bond donors (Lipinski definition) is 1. The fourth-order valence-electron chi connectivity index (χ4n) is 2.87. The van der Waals surface area contributed by atoms with E-state index in [-0.39, 0.29) is 6.61 Å². The Labute approximate surface area is 129 Å². The average molecular weight is 300 g/mol. The summed E-state index contributed by atoms with van der Waals surface area (Å²) >= 11 is 0. The molecule has 5 heteroatoms. The summed E-state index contributed by atoms with van der Waals surface area (Å²) < 4.78 is 5.31. The summed E-state index contributed by atoms with van der Waals surface area (Å²) in [5.74, 6) is -0.540. The molecule has 1 saturated carbocycles. The van der Waals surface area contributed by atoms with Gasteiger partial charge in [-0.3, -0.25) is 0 Å². The Balaban J connectivity index is 1.73. The maximum atomic E-state index is 12.1.